The molecular weight excluding hydrogens is 264 g/mol. The van der Waals surface area contributed by atoms with E-state index in [9.17, 15) is 10.1 Å². The summed E-state index contributed by atoms with van der Waals surface area (Å²) < 4.78 is 4.93. The fraction of sp³-hybridized carbons (Fsp3) is 0.222. The van der Waals surface area contributed by atoms with Crippen LogP contribution in [0, 0.1) is 21.4 Å². The van der Waals surface area contributed by atoms with Crippen molar-refractivity contribution in [2.75, 3.05) is 6.61 Å². The summed E-state index contributed by atoms with van der Waals surface area (Å²) in [6.07, 6.45) is 0. The number of rotatable bonds is 4. The molecule has 0 aliphatic heterocycles. The summed E-state index contributed by atoms with van der Waals surface area (Å²) >= 11 is 3.20. The van der Waals surface area contributed by atoms with Crippen molar-refractivity contribution in [1.29, 1.82) is 5.26 Å². The Morgan fingerprint density at radius 2 is 2.33 bits per heavy atom. The van der Waals surface area contributed by atoms with E-state index < -0.39 is 4.92 Å². The Labute approximate surface area is 94.6 Å². The quantitative estimate of drug-likeness (QED) is 0.478. The van der Waals surface area contributed by atoms with E-state index in [-0.39, 0.29) is 18.0 Å². The predicted molar refractivity (Wildman–Crippen MR) is 56.8 cm³/mol. The van der Waals surface area contributed by atoms with Crippen LogP contribution >= 0.6 is 15.9 Å². The van der Waals surface area contributed by atoms with Gasteiger partial charge in [0.25, 0.3) is 0 Å². The van der Waals surface area contributed by atoms with Crippen molar-refractivity contribution in [1.82, 2.24) is 0 Å². The lowest BCUT2D eigenvalue weighted by Crippen LogP contribution is -1.99. The van der Waals surface area contributed by atoms with Gasteiger partial charge in [-0.25, -0.2) is 0 Å². The highest BCUT2D eigenvalue weighted by Crippen LogP contribution is 2.28. The average Bonchev–Trinajstić information content (AvgIpc) is 2.26. The Morgan fingerprint density at radius 1 is 1.60 bits per heavy atom. The van der Waals surface area contributed by atoms with Gasteiger partial charge in [-0.1, -0.05) is 22.0 Å². The molecule has 0 radical (unpaired) electrons. The topological polar surface area (TPSA) is 76.2 Å². The molecule has 1 rings (SSSR count). The summed E-state index contributed by atoms with van der Waals surface area (Å²) in [7, 11) is 0. The van der Waals surface area contributed by atoms with E-state index in [4.69, 9.17) is 10.00 Å². The molecule has 0 aliphatic rings. The Kier molecular flexibility index (Phi) is 4.06. The molecule has 0 heterocycles. The SMILES string of the molecule is N#CCOc1ccc(CBr)cc1[N+](=O)[O-]. The van der Waals surface area contributed by atoms with Crippen LogP contribution in [0.1, 0.15) is 5.56 Å². The summed E-state index contributed by atoms with van der Waals surface area (Å²) in [5.74, 6) is 0.117. The van der Waals surface area contributed by atoms with E-state index in [2.05, 4.69) is 15.9 Å². The third-order valence-electron chi connectivity index (χ3n) is 1.67. The Hall–Kier alpha value is -1.61. The van der Waals surface area contributed by atoms with Crippen LogP contribution < -0.4 is 4.74 Å². The maximum absolute atomic E-state index is 10.7. The van der Waals surface area contributed by atoms with Crippen molar-refractivity contribution in [2.24, 2.45) is 0 Å². The highest BCUT2D eigenvalue weighted by Gasteiger charge is 2.15. The van der Waals surface area contributed by atoms with E-state index in [1.807, 2.05) is 0 Å². The maximum Gasteiger partial charge on any atom is 0.311 e. The van der Waals surface area contributed by atoms with Gasteiger partial charge in [-0.05, 0) is 11.6 Å². The molecule has 0 bridgehead atoms. The minimum absolute atomic E-state index is 0.117. The van der Waals surface area contributed by atoms with Crippen molar-refractivity contribution in [2.45, 2.75) is 5.33 Å². The molecule has 0 spiro atoms. The first-order chi connectivity index (χ1) is 7.19. The lowest BCUT2D eigenvalue weighted by Gasteiger charge is -2.03. The van der Waals surface area contributed by atoms with Crippen LogP contribution in [0.25, 0.3) is 0 Å². The molecule has 0 atom stereocenters. The number of nitro benzene ring substituents is 1. The van der Waals surface area contributed by atoms with E-state index in [0.29, 0.717) is 5.33 Å². The first kappa shape index (κ1) is 11.5. The van der Waals surface area contributed by atoms with Gasteiger partial charge in [0.1, 0.15) is 6.07 Å². The van der Waals surface area contributed by atoms with Gasteiger partial charge in [0.05, 0.1) is 4.92 Å². The second-order valence-electron chi connectivity index (χ2n) is 2.64. The van der Waals surface area contributed by atoms with Gasteiger partial charge in [-0.2, -0.15) is 5.26 Å². The van der Waals surface area contributed by atoms with Crippen molar-refractivity contribution >= 4 is 21.6 Å². The van der Waals surface area contributed by atoms with Gasteiger partial charge < -0.3 is 4.74 Å². The number of hydrogen-bond donors (Lipinski definition) is 0. The van der Waals surface area contributed by atoms with Gasteiger partial charge in [0.15, 0.2) is 12.4 Å². The minimum Gasteiger partial charge on any atom is -0.472 e. The zero-order valence-corrected chi connectivity index (χ0v) is 9.23. The first-order valence-corrected chi connectivity index (χ1v) is 5.14. The molecule has 1 aromatic carbocycles. The fourth-order valence-electron chi connectivity index (χ4n) is 1.02. The number of nitrogens with zero attached hydrogens (tertiary/aromatic N) is 2. The smallest absolute Gasteiger partial charge is 0.311 e. The highest BCUT2D eigenvalue weighted by atomic mass is 79.9. The summed E-state index contributed by atoms with van der Waals surface area (Å²) in [4.78, 5) is 10.2. The van der Waals surface area contributed by atoms with Crippen molar-refractivity contribution < 1.29 is 9.66 Å². The zero-order chi connectivity index (χ0) is 11.3. The van der Waals surface area contributed by atoms with Gasteiger partial charge in [-0.3, -0.25) is 10.1 Å². The normalized spacial score (nSPS) is 9.33. The molecule has 15 heavy (non-hydrogen) atoms. The fourth-order valence-corrected chi connectivity index (χ4v) is 1.37. The zero-order valence-electron chi connectivity index (χ0n) is 7.64. The van der Waals surface area contributed by atoms with Crippen LogP contribution in [0.5, 0.6) is 5.75 Å². The molecule has 0 saturated heterocycles. The van der Waals surface area contributed by atoms with Crippen LogP contribution in [0.3, 0.4) is 0 Å². The van der Waals surface area contributed by atoms with Crippen molar-refractivity contribution in [3.8, 4) is 11.8 Å². The van der Waals surface area contributed by atoms with Gasteiger partial charge in [0.2, 0.25) is 0 Å². The molecule has 6 heteroatoms. The molecule has 5 nitrogen and oxygen atoms in total. The van der Waals surface area contributed by atoms with Crippen LogP contribution in [0.15, 0.2) is 18.2 Å². The molecule has 0 fully saturated rings. The molecule has 0 saturated carbocycles. The van der Waals surface area contributed by atoms with Crippen LogP contribution in [0.4, 0.5) is 5.69 Å². The lowest BCUT2D eigenvalue weighted by molar-refractivity contribution is -0.385. The molecule has 1 aromatic rings. The number of hydrogen-bond acceptors (Lipinski definition) is 4. The Morgan fingerprint density at radius 3 is 2.87 bits per heavy atom. The number of benzene rings is 1. The van der Waals surface area contributed by atoms with E-state index in [1.165, 1.54) is 12.1 Å². The average molecular weight is 271 g/mol. The monoisotopic (exact) mass is 270 g/mol. The highest BCUT2D eigenvalue weighted by molar-refractivity contribution is 9.08. The van der Waals surface area contributed by atoms with Crippen LogP contribution in [-0.4, -0.2) is 11.5 Å². The number of halogens is 1. The molecule has 78 valence electrons. The van der Waals surface area contributed by atoms with Crippen LogP contribution in [-0.2, 0) is 5.33 Å². The minimum atomic E-state index is -0.529. The third-order valence-corrected chi connectivity index (χ3v) is 2.31. The molecule has 0 unspecified atom stereocenters. The largest absolute Gasteiger partial charge is 0.472 e. The van der Waals surface area contributed by atoms with Crippen molar-refractivity contribution in [3.63, 3.8) is 0 Å². The number of nitro groups is 1. The second kappa shape index (κ2) is 5.32. The number of nitriles is 1. The predicted octanol–water partition coefficient (Wildman–Crippen LogP) is 2.39. The second-order valence-corrected chi connectivity index (χ2v) is 3.20. The van der Waals surface area contributed by atoms with E-state index in [1.54, 1.807) is 12.1 Å². The van der Waals surface area contributed by atoms with Crippen molar-refractivity contribution in [3.05, 3.63) is 33.9 Å². The van der Waals surface area contributed by atoms with Gasteiger partial charge >= 0.3 is 5.69 Å². The summed E-state index contributed by atoms with van der Waals surface area (Å²) in [6, 6.07) is 6.37. The summed E-state index contributed by atoms with van der Waals surface area (Å²) in [6.45, 7) is -0.200. The van der Waals surface area contributed by atoms with E-state index in [0.717, 1.165) is 5.56 Å². The third kappa shape index (κ3) is 2.92. The lowest BCUT2D eigenvalue weighted by atomic mass is 10.2. The van der Waals surface area contributed by atoms with E-state index >= 15 is 0 Å². The van der Waals surface area contributed by atoms with Gasteiger partial charge in [0, 0.05) is 11.4 Å². The first-order valence-electron chi connectivity index (χ1n) is 4.02. The summed E-state index contributed by atoms with van der Waals surface area (Å²) in [5.41, 5.74) is 0.660. The number of ether oxygens (including phenoxy) is 1. The summed E-state index contributed by atoms with van der Waals surface area (Å²) in [5, 5.41) is 19.5. The molecule has 0 aliphatic carbocycles. The molecular formula is C9H7BrN2O3. The molecule has 0 amide bonds. The number of alkyl halides is 1. The Bertz CT molecular complexity index is 414. The Balaban J connectivity index is 3.05. The molecule has 0 N–H and O–H groups in total. The standard InChI is InChI=1S/C9H7BrN2O3/c10-6-7-1-2-9(15-4-3-11)8(5-7)12(13)14/h1-2,5H,4,6H2. The maximum atomic E-state index is 10.7. The molecule has 0 aromatic heterocycles. The van der Waals surface area contributed by atoms with Crippen LogP contribution in [0.2, 0.25) is 0 Å². The van der Waals surface area contributed by atoms with Gasteiger partial charge in [-0.15, -0.1) is 0 Å².